The van der Waals surface area contributed by atoms with E-state index in [1.165, 1.54) is 18.5 Å². The second kappa shape index (κ2) is 11.9. The molecule has 0 saturated carbocycles. The zero-order valence-corrected chi connectivity index (χ0v) is 20.3. The number of carbonyl (C=O) groups excluding carboxylic acids is 1. The van der Waals surface area contributed by atoms with Crippen molar-refractivity contribution in [3.8, 4) is 5.75 Å². The smallest absolute Gasteiger partial charge is 0.335 e. The number of benzene rings is 2. The van der Waals surface area contributed by atoms with Crippen molar-refractivity contribution in [3.05, 3.63) is 88.5 Å². The third-order valence-electron chi connectivity index (χ3n) is 5.76. The maximum absolute atomic E-state index is 12.7. The number of carbonyl (C=O) groups is 3. The molecule has 3 rings (SSSR count). The zero-order chi connectivity index (χ0) is 26.2. The Labute approximate surface area is 208 Å². The first-order valence-electron chi connectivity index (χ1n) is 11.2. The maximum atomic E-state index is 12.7. The van der Waals surface area contributed by atoms with Gasteiger partial charge in [-0.05, 0) is 54.8 Å². The van der Waals surface area contributed by atoms with Crippen LogP contribution in [0.15, 0.2) is 54.9 Å². The van der Waals surface area contributed by atoms with Crippen LogP contribution in [0.25, 0.3) is 0 Å². The largest absolute Gasteiger partial charge is 0.497 e. The van der Waals surface area contributed by atoms with Crippen molar-refractivity contribution in [2.24, 2.45) is 0 Å². The van der Waals surface area contributed by atoms with Gasteiger partial charge in [0.1, 0.15) is 17.8 Å². The summed E-state index contributed by atoms with van der Waals surface area (Å²) >= 11 is 0. The second-order valence-corrected chi connectivity index (χ2v) is 8.28. The lowest BCUT2D eigenvalue weighted by Gasteiger charge is -2.28. The van der Waals surface area contributed by atoms with E-state index in [1.807, 2.05) is 31.2 Å². The predicted molar refractivity (Wildman–Crippen MR) is 131 cm³/mol. The third-order valence-corrected chi connectivity index (χ3v) is 5.76. The highest BCUT2D eigenvalue weighted by molar-refractivity contribution is 5.92. The van der Waals surface area contributed by atoms with Crippen LogP contribution in [-0.4, -0.2) is 56.6 Å². The highest BCUT2D eigenvalue weighted by atomic mass is 16.5. The lowest BCUT2D eigenvalue weighted by molar-refractivity contribution is -0.139. The average molecular weight is 493 g/mol. The number of rotatable bonds is 11. The first-order chi connectivity index (χ1) is 17.2. The van der Waals surface area contributed by atoms with E-state index < -0.39 is 11.9 Å². The number of methoxy groups -OCH3 is 1. The van der Waals surface area contributed by atoms with Gasteiger partial charge in [-0.15, -0.1) is 0 Å². The highest BCUT2D eigenvalue weighted by Gasteiger charge is 2.21. The quantitative estimate of drug-likeness (QED) is 0.368. The fourth-order valence-electron chi connectivity index (χ4n) is 3.77. The standard InChI is InChI=1S/C26H28N4O6/c1-16-9-19(7-8-22(16)26(34)35)17(2)30(14-24(31)32)13-20-11-23(29-15-28-20)25(33)27-12-18-5-4-6-21(10-18)36-3/h4-11,15,17H,12-14H2,1-3H3,(H,27,33)(H,31,32)(H,34,35)/t17-/m1/s1. The minimum absolute atomic E-state index is 0.145. The van der Waals surface area contributed by atoms with Crippen molar-refractivity contribution in [1.82, 2.24) is 20.2 Å². The molecule has 0 saturated heterocycles. The van der Waals surface area contributed by atoms with Crippen LogP contribution >= 0.6 is 0 Å². The molecule has 0 aliphatic rings. The van der Waals surface area contributed by atoms with Gasteiger partial charge in [-0.3, -0.25) is 14.5 Å². The number of hydrogen-bond donors (Lipinski definition) is 3. The molecular weight excluding hydrogens is 464 g/mol. The topological polar surface area (TPSA) is 142 Å². The van der Waals surface area contributed by atoms with Crippen LogP contribution in [0.5, 0.6) is 5.75 Å². The molecule has 3 N–H and O–H groups in total. The molecule has 1 amide bonds. The summed E-state index contributed by atoms with van der Waals surface area (Å²) in [6.45, 7) is 3.68. The Kier molecular flexibility index (Phi) is 8.69. The summed E-state index contributed by atoms with van der Waals surface area (Å²) in [6.07, 6.45) is 1.27. The van der Waals surface area contributed by atoms with E-state index in [9.17, 15) is 24.6 Å². The van der Waals surface area contributed by atoms with Crippen LogP contribution in [0.3, 0.4) is 0 Å². The van der Waals surface area contributed by atoms with E-state index in [0.717, 1.165) is 11.1 Å². The highest BCUT2D eigenvalue weighted by Crippen LogP contribution is 2.24. The first-order valence-corrected chi connectivity index (χ1v) is 11.2. The normalized spacial score (nSPS) is 11.7. The fourth-order valence-corrected chi connectivity index (χ4v) is 3.77. The van der Waals surface area contributed by atoms with Crippen LogP contribution in [0.4, 0.5) is 0 Å². The van der Waals surface area contributed by atoms with E-state index in [2.05, 4.69) is 15.3 Å². The monoisotopic (exact) mass is 492 g/mol. The van der Waals surface area contributed by atoms with Gasteiger partial charge in [0, 0.05) is 19.1 Å². The van der Waals surface area contributed by atoms with Crippen LogP contribution in [0.1, 0.15) is 56.2 Å². The molecule has 2 aromatic carbocycles. The lowest BCUT2D eigenvalue weighted by Crippen LogP contribution is -2.32. The molecule has 1 heterocycles. The molecule has 3 aromatic rings. The van der Waals surface area contributed by atoms with E-state index in [1.54, 1.807) is 31.1 Å². The molecule has 0 aliphatic heterocycles. The molecule has 0 unspecified atom stereocenters. The Bertz CT molecular complexity index is 1260. The summed E-state index contributed by atoms with van der Waals surface area (Å²) in [5.41, 5.74) is 3.04. The van der Waals surface area contributed by atoms with Crippen LogP contribution in [0, 0.1) is 6.92 Å². The minimum Gasteiger partial charge on any atom is -0.497 e. The number of aliphatic carboxylic acids is 1. The summed E-state index contributed by atoms with van der Waals surface area (Å²) in [5, 5.41) is 21.5. The van der Waals surface area contributed by atoms with Gasteiger partial charge < -0.3 is 20.3 Å². The van der Waals surface area contributed by atoms with Gasteiger partial charge in [-0.2, -0.15) is 0 Å². The number of ether oxygens (including phenoxy) is 1. The lowest BCUT2D eigenvalue weighted by atomic mass is 10.00. The van der Waals surface area contributed by atoms with Gasteiger partial charge in [0.25, 0.3) is 5.91 Å². The number of hydrogen-bond acceptors (Lipinski definition) is 7. The summed E-state index contributed by atoms with van der Waals surface area (Å²) in [4.78, 5) is 45.5. The SMILES string of the molecule is COc1cccc(CNC(=O)c2cc(CN(CC(=O)O)[C@H](C)c3ccc(C(=O)O)c(C)c3)ncn2)c1. The molecule has 0 aliphatic carbocycles. The Morgan fingerprint density at radius 1 is 1.08 bits per heavy atom. The number of aromatic carboxylic acids is 1. The van der Waals surface area contributed by atoms with Gasteiger partial charge in [-0.1, -0.05) is 24.3 Å². The van der Waals surface area contributed by atoms with Crippen molar-refractivity contribution in [3.63, 3.8) is 0 Å². The van der Waals surface area contributed by atoms with Gasteiger partial charge in [0.15, 0.2) is 0 Å². The third kappa shape index (κ3) is 6.86. The molecule has 10 heteroatoms. The molecule has 0 bridgehead atoms. The van der Waals surface area contributed by atoms with Crippen molar-refractivity contribution in [2.45, 2.75) is 33.0 Å². The number of aryl methyl sites for hydroxylation is 1. The first kappa shape index (κ1) is 26.3. The molecule has 1 aromatic heterocycles. The molecule has 188 valence electrons. The summed E-state index contributed by atoms with van der Waals surface area (Å²) in [6, 6.07) is 13.4. The van der Waals surface area contributed by atoms with Gasteiger partial charge >= 0.3 is 11.9 Å². The summed E-state index contributed by atoms with van der Waals surface area (Å²) < 4.78 is 5.19. The fraction of sp³-hybridized carbons (Fsp3) is 0.269. The van der Waals surface area contributed by atoms with Crippen LogP contribution < -0.4 is 10.1 Å². The zero-order valence-electron chi connectivity index (χ0n) is 20.3. The van der Waals surface area contributed by atoms with Gasteiger partial charge in [0.2, 0.25) is 0 Å². The maximum Gasteiger partial charge on any atom is 0.335 e. The summed E-state index contributed by atoms with van der Waals surface area (Å²) in [7, 11) is 1.57. The summed E-state index contributed by atoms with van der Waals surface area (Å²) in [5.74, 6) is -1.75. The van der Waals surface area contributed by atoms with Crippen molar-refractivity contribution in [2.75, 3.05) is 13.7 Å². The number of amides is 1. The number of carboxylic acid groups (broad SMARTS) is 2. The molecule has 0 spiro atoms. The Hall–Kier alpha value is -4.31. The second-order valence-electron chi connectivity index (χ2n) is 8.28. The molecule has 0 radical (unpaired) electrons. The van der Waals surface area contributed by atoms with E-state index >= 15 is 0 Å². The van der Waals surface area contributed by atoms with E-state index in [-0.39, 0.29) is 42.8 Å². The van der Waals surface area contributed by atoms with Gasteiger partial charge in [-0.25, -0.2) is 14.8 Å². The Morgan fingerprint density at radius 3 is 2.53 bits per heavy atom. The van der Waals surface area contributed by atoms with Crippen molar-refractivity contribution >= 4 is 17.8 Å². The minimum atomic E-state index is -1.02. The molecule has 36 heavy (non-hydrogen) atoms. The number of aromatic nitrogens is 2. The van der Waals surface area contributed by atoms with Gasteiger partial charge in [0.05, 0.1) is 24.9 Å². The molecule has 1 atom stereocenters. The molecule has 0 fully saturated rings. The average Bonchev–Trinajstić information content (AvgIpc) is 2.86. The molecular formula is C26H28N4O6. The van der Waals surface area contributed by atoms with E-state index in [0.29, 0.717) is 17.0 Å². The van der Waals surface area contributed by atoms with E-state index in [4.69, 9.17) is 4.74 Å². The predicted octanol–water partition coefficient (Wildman–Crippen LogP) is 3.07. The molecule has 10 nitrogen and oxygen atoms in total. The van der Waals surface area contributed by atoms with Crippen molar-refractivity contribution in [1.29, 1.82) is 0 Å². The van der Waals surface area contributed by atoms with Crippen molar-refractivity contribution < 1.29 is 29.3 Å². The number of carboxylic acids is 2. The van der Waals surface area contributed by atoms with Crippen LogP contribution in [-0.2, 0) is 17.9 Å². The number of nitrogens with zero attached hydrogens (tertiary/aromatic N) is 3. The Balaban J connectivity index is 1.74. The van der Waals surface area contributed by atoms with Crippen LogP contribution in [0.2, 0.25) is 0 Å². The Morgan fingerprint density at radius 2 is 1.86 bits per heavy atom. The number of nitrogens with one attached hydrogen (secondary N) is 1.